The van der Waals surface area contributed by atoms with E-state index in [1.165, 1.54) is 0 Å². The van der Waals surface area contributed by atoms with Gasteiger partial charge in [0, 0.05) is 26.2 Å². The highest BCUT2D eigenvalue weighted by atomic mass is 35.5. The Kier molecular flexibility index (Phi) is 6.41. The summed E-state index contributed by atoms with van der Waals surface area (Å²) in [5, 5.41) is 3.51. The van der Waals surface area contributed by atoms with Gasteiger partial charge in [-0.25, -0.2) is 0 Å². The molecule has 0 aliphatic carbocycles. The molecule has 6 heteroatoms. The van der Waals surface area contributed by atoms with Gasteiger partial charge in [0.1, 0.15) is 0 Å². The molecule has 0 bridgehead atoms. The number of methoxy groups -OCH3 is 1. The van der Waals surface area contributed by atoms with Crippen molar-refractivity contribution in [3.63, 3.8) is 0 Å². The van der Waals surface area contributed by atoms with Crippen LogP contribution < -0.4 is 11.1 Å². The molecule has 1 fully saturated rings. The van der Waals surface area contributed by atoms with Crippen LogP contribution in [-0.4, -0.2) is 49.7 Å². The van der Waals surface area contributed by atoms with Gasteiger partial charge < -0.3 is 15.8 Å². The minimum Gasteiger partial charge on any atom is -0.381 e. The normalized spacial score (nSPS) is 22.1. The van der Waals surface area contributed by atoms with Gasteiger partial charge in [-0.2, -0.15) is 0 Å². The van der Waals surface area contributed by atoms with Crippen LogP contribution in [0.1, 0.15) is 24.0 Å². The molecule has 1 aliphatic heterocycles. The van der Waals surface area contributed by atoms with Crippen LogP contribution in [0.5, 0.6) is 0 Å². The average Bonchev–Trinajstić information content (AvgIpc) is 2.51. The van der Waals surface area contributed by atoms with Crippen LogP contribution in [0, 0.1) is 13.8 Å². The Balaban J connectivity index is 1.99. The highest BCUT2D eigenvalue weighted by Gasteiger charge is 2.28. The zero-order chi connectivity index (χ0) is 17.0. The number of hydrogen-bond acceptors (Lipinski definition) is 4. The molecule has 0 aromatic heterocycles. The number of rotatable bonds is 5. The lowest BCUT2D eigenvalue weighted by Gasteiger charge is -2.38. The molecule has 0 spiro atoms. The second kappa shape index (κ2) is 8.11. The van der Waals surface area contributed by atoms with Gasteiger partial charge in [-0.3, -0.25) is 9.69 Å². The molecule has 2 rings (SSSR count). The van der Waals surface area contributed by atoms with Gasteiger partial charge in [-0.05, 0) is 43.9 Å². The summed E-state index contributed by atoms with van der Waals surface area (Å²) >= 11 is 6.25. The van der Waals surface area contributed by atoms with Crippen LogP contribution >= 0.6 is 11.6 Å². The second-order valence-corrected chi connectivity index (χ2v) is 6.64. The molecule has 0 radical (unpaired) electrons. The van der Waals surface area contributed by atoms with Gasteiger partial charge in [0.05, 0.1) is 23.4 Å². The quantitative estimate of drug-likeness (QED) is 0.864. The fraction of sp³-hybridized carbons (Fsp3) is 0.588. The third-order valence-corrected chi connectivity index (χ3v) is 4.74. The van der Waals surface area contributed by atoms with Crippen molar-refractivity contribution in [3.8, 4) is 0 Å². The maximum Gasteiger partial charge on any atom is 0.238 e. The van der Waals surface area contributed by atoms with Crippen LogP contribution in [0.25, 0.3) is 0 Å². The maximum absolute atomic E-state index is 12.4. The van der Waals surface area contributed by atoms with Crippen molar-refractivity contribution < 1.29 is 9.53 Å². The molecule has 2 unspecified atom stereocenters. The number of nitrogens with two attached hydrogens (primary N) is 1. The smallest absolute Gasteiger partial charge is 0.238 e. The van der Waals surface area contributed by atoms with Crippen LogP contribution in [0.3, 0.4) is 0 Å². The fourth-order valence-corrected chi connectivity index (χ4v) is 3.54. The molecule has 3 N–H and O–H groups in total. The predicted molar refractivity (Wildman–Crippen MR) is 94.0 cm³/mol. The highest BCUT2D eigenvalue weighted by molar-refractivity contribution is 6.34. The molecular weight excluding hydrogens is 314 g/mol. The molecule has 1 aliphatic rings. The van der Waals surface area contributed by atoms with E-state index in [0.717, 1.165) is 30.5 Å². The fourth-order valence-electron chi connectivity index (χ4n) is 3.17. The Hall–Kier alpha value is -1.14. The van der Waals surface area contributed by atoms with Crippen molar-refractivity contribution in [2.45, 2.75) is 38.8 Å². The summed E-state index contributed by atoms with van der Waals surface area (Å²) in [7, 11) is 1.72. The van der Waals surface area contributed by atoms with Gasteiger partial charge in [0.25, 0.3) is 0 Å². The number of carbonyl (C=O) groups excluding carboxylic acids is 1. The number of anilines is 1. The largest absolute Gasteiger partial charge is 0.381 e. The van der Waals surface area contributed by atoms with Gasteiger partial charge in [-0.1, -0.05) is 17.7 Å². The first-order valence-electron chi connectivity index (χ1n) is 7.98. The lowest BCUT2D eigenvalue weighted by molar-refractivity contribution is -0.118. The standard InChI is InChI=1S/C17H26ClN3O2/c1-11-6-12(2)17(15(18)7-11)20-16(22)10-21-5-4-14(23-3)8-13(21)9-19/h6-7,13-14H,4-5,8-10,19H2,1-3H3,(H,20,22). The van der Waals surface area contributed by atoms with Crippen molar-refractivity contribution in [3.05, 3.63) is 28.3 Å². The third-order valence-electron chi connectivity index (χ3n) is 4.44. The number of carbonyl (C=O) groups is 1. The number of nitrogens with zero attached hydrogens (tertiary/aromatic N) is 1. The van der Waals surface area contributed by atoms with Crippen molar-refractivity contribution in [1.29, 1.82) is 0 Å². The highest BCUT2D eigenvalue weighted by Crippen LogP contribution is 2.27. The lowest BCUT2D eigenvalue weighted by Crippen LogP contribution is -2.51. The zero-order valence-electron chi connectivity index (χ0n) is 14.1. The van der Waals surface area contributed by atoms with Crippen LogP contribution in [0.4, 0.5) is 5.69 Å². The molecule has 1 aromatic rings. The summed E-state index contributed by atoms with van der Waals surface area (Å²) in [5.74, 6) is -0.0619. The zero-order valence-corrected chi connectivity index (χ0v) is 14.8. The lowest BCUT2D eigenvalue weighted by atomic mass is 9.99. The molecule has 23 heavy (non-hydrogen) atoms. The van der Waals surface area contributed by atoms with Gasteiger partial charge in [0.2, 0.25) is 5.91 Å². The average molecular weight is 340 g/mol. The molecule has 2 atom stereocenters. The number of likely N-dealkylation sites (tertiary alicyclic amines) is 1. The van der Waals surface area contributed by atoms with E-state index < -0.39 is 0 Å². The van der Waals surface area contributed by atoms with E-state index in [9.17, 15) is 4.79 Å². The van der Waals surface area contributed by atoms with Crippen molar-refractivity contribution >= 4 is 23.2 Å². The third kappa shape index (κ3) is 4.67. The van der Waals surface area contributed by atoms with E-state index in [4.69, 9.17) is 22.1 Å². The van der Waals surface area contributed by atoms with Gasteiger partial charge in [-0.15, -0.1) is 0 Å². The molecule has 128 valence electrons. The summed E-state index contributed by atoms with van der Waals surface area (Å²) in [6, 6.07) is 4.04. The second-order valence-electron chi connectivity index (χ2n) is 6.23. The van der Waals surface area contributed by atoms with E-state index in [2.05, 4.69) is 10.2 Å². The van der Waals surface area contributed by atoms with E-state index in [1.54, 1.807) is 7.11 Å². The molecule has 1 saturated heterocycles. The molecule has 5 nitrogen and oxygen atoms in total. The Morgan fingerprint density at radius 1 is 1.48 bits per heavy atom. The number of aryl methyl sites for hydroxylation is 2. The van der Waals surface area contributed by atoms with E-state index in [-0.39, 0.29) is 18.1 Å². The summed E-state index contributed by atoms with van der Waals surface area (Å²) in [6.07, 6.45) is 2.02. The summed E-state index contributed by atoms with van der Waals surface area (Å²) in [6.45, 7) is 5.59. The maximum atomic E-state index is 12.4. The summed E-state index contributed by atoms with van der Waals surface area (Å²) in [5.41, 5.74) is 8.59. The van der Waals surface area contributed by atoms with E-state index >= 15 is 0 Å². The first-order valence-corrected chi connectivity index (χ1v) is 8.36. The number of ether oxygens (including phenoxy) is 1. The monoisotopic (exact) mass is 339 g/mol. The number of amides is 1. The number of halogens is 1. The van der Waals surface area contributed by atoms with Crippen molar-refractivity contribution in [2.75, 3.05) is 32.1 Å². The Morgan fingerprint density at radius 2 is 2.22 bits per heavy atom. The minimum absolute atomic E-state index is 0.0619. The Bertz CT molecular complexity index is 542. The first kappa shape index (κ1) is 18.2. The number of hydrogen-bond donors (Lipinski definition) is 2. The minimum atomic E-state index is -0.0619. The van der Waals surface area contributed by atoms with E-state index in [1.807, 2.05) is 26.0 Å². The number of nitrogens with one attached hydrogen (secondary N) is 1. The SMILES string of the molecule is COC1CCN(CC(=O)Nc2c(C)cc(C)cc2Cl)C(CN)C1. The van der Waals surface area contributed by atoms with Crippen LogP contribution in [0.2, 0.25) is 5.02 Å². The number of piperidine rings is 1. The molecule has 0 saturated carbocycles. The molecule has 1 amide bonds. The molecular formula is C17H26ClN3O2. The molecule has 1 aromatic carbocycles. The van der Waals surface area contributed by atoms with E-state index in [0.29, 0.717) is 23.8 Å². The van der Waals surface area contributed by atoms with Crippen LogP contribution in [-0.2, 0) is 9.53 Å². The topological polar surface area (TPSA) is 67.6 Å². The van der Waals surface area contributed by atoms with Crippen molar-refractivity contribution in [2.24, 2.45) is 5.73 Å². The predicted octanol–water partition coefficient (Wildman–Crippen LogP) is 2.33. The molecule has 1 heterocycles. The van der Waals surface area contributed by atoms with Gasteiger partial charge in [0.15, 0.2) is 0 Å². The Labute approximate surface area is 143 Å². The van der Waals surface area contributed by atoms with Gasteiger partial charge >= 0.3 is 0 Å². The summed E-state index contributed by atoms with van der Waals surface area (Å²) in [4.78, 5) is 14.5. The van der Waals surface area contributed by atoms with Crippen molar-refractivity contribution in [1.82, 2.24) is 4.90 Å². The first-order chi connectivity index (χ1) is 10.9. The van der Waals surface area contributed by atoms with Crippen LogP contribution in [0.15, 0.2) is 12.1 Å². The Morgan fingerprint density at radius 3 is 2.83 bits per heavy atom. The number of benzene rings is 1. The summed E-state index contributed by atoms with van der Waals surface area (Å²) < 4.78 is 5.41.